The molecule has 0 spiro atoms. The third-order valence-electron chi connectivity index (χ3n) is 3.00. The Morgan fingerprint density at radius 2 is 1.81 bits per heavy atom. The van der Waals surface area contributed by atoms with Crippen molar-refractivity contribution in [2.75, 3.05) is 12.3 Å². The molecule has 4 N–H and O–H groups in total. The number of anilines is 1. The van der Waals surface area contributed by atoms with Gasteiger partial charge in [0, 0.05) is 17.8 Å². The van der Waals surface area contributed by atoms with Gasteiger partial charge in [-0.3, -0.25) is 4.79 Å². The molecule has 5 heteroatoms. The summed E-state index contributed by atoms with van der Waals surface area (Å²) in [6.07, 6.45) is 0. The van der Waals surface area contributed by atoms with Gasteiger partial charge in [0.05, 0.1) is 5.56 Å². The van der Waals surface area contributed by atoms with Crippen LogP contribution in [-0.2, 0) is 0 Å². The summed E-state index contributed by atoms with van der Waals surface area (Å²) in [6.45, 7) is 2.39. The van der Waals surface area contributed by atoms with Crippen molar-refractivity contribution in [2.24, 2.45) is 0 Å². The predicted octanol–water partition coefficient (Wildman–Crippen LogP) is 2.38. The summed E-state index contributed by atoms with van der Waals surface area (Å²) in [7, 11) is 0. The number of nitrogen functional groups attached to an aromatic ring is 1. The highest BCUT2D eigenvalue weighted by Crippen LogP contribution is 2.24. The highest BCUT2D eigenvalue weighted by atomic mass is 16.4. The summed E-state index contributed by atoms with van der Waals surface area (Å²) in [5, 5.41) is 11.8. The van der Waals surface area contributed by atoms with E-state index in [2.05, 4.69) is 5.32 Å². The molecule has 0 aromatic heterocycles. The van der Waals surface area contributed by atoms with Crippen LogP contribution in [0.2, 0.25) is 0 Å². The third kappa shape index (κ3) is 3.39. The van der Waals surface area contributed by atoms with Crippen molar-refractivity contribution in [3.05, 3.63) is 53.6 Å². The molecular formula is C16H16N2O3. The molecule has 0 atom stereocenters. The van der Waals surface area contributed by atoms with Crippen molar-refractivity contribution < 1.29 is 14.7 Å². The number of nitrogens with two attached hydrogens (primary N) is 1. The van der Waals surface area contributed by atoms with Gasteiger partial charge in [0.2, 0.25) is 0 Å². The molecule has 0 saturated heterocycles. The number of carboxylic acids is 1. The van der Waals surface area contributed by atoms with E-state index < -0.39 is 5.97 Å². The smallest absolute Gasteiger partial charge is 0.335 e. The van der Waals surface area contributed by atoms with Crippen LogP contribution in [0.5, 0.6) is 0 Å². The standard InChI is InChI=1S/C16H16N2O3/c1-2-18-15(19)11-5-3-4-10(6-11)12-7-13(16(20)21)9-14(17)8-12/h3-9H,2,17H2,1H3,(H,18,19)(H,20,21). The van der Waals surface area contributed by atoms with Crippen LogP contribution in [-0.4, -0.2) is 23.5 Å². The minimum Gasteiger partial charge on any atom is -0.478 e. The van der Waals surface area contributed by atoms with Crippen LogP contribution < -0.4 is 11.1 Å². The van der Waals surface area contributed by atoms with Crippen molar-refractivity contribution in [1.82, 2.24) is 5.32 Å². The van der Waals surface area contributed by atoms with Crippen molar-refractivity contribution in [2.45, 2.75) is 6.92 Å². The molecule has 0 aliphatic heterocycles. The summed E-state index contributed by atoms with van der Waals surface area (Å²) >= 11 is 0. The molecular weight excluding hydrogens is 268 g/mol. The van der Waals surface area contributed by atoms with E-state index in [1.165, 1.54) is 12.1 Å². The van der Waals surface area contributed by atoms with Gasteiger partial charge in [-0.05, 0) is 48.4 Å². The lowest BCUT2D eigenvalue weighted by molar-refractivity contribution is 0.0696. The van der Waals surface area contributed by atoms with Crippen LogP contribution in [0.4, 0.5) is 5.69 Å². The van der Waals surface area contributed by atoms with Crippen LogP contribution in [0.1, 0.15) is 27.6 Å². The minimum atomic E-state index is -1.04. The van der Waals surface area contributed by atoms with E-state index in [9.17, 15) is 9.59 Å². The Morgan fingerprint density at radius 3 is 2.48 bits per heavy atom. The average Bonchev–Trinajstić information content (AvgIpc) is 2.47. The Bertz CT molecular complexity index is 696. The van der Waals surface area contributed by atoms with Gasteiger partial charge in [-0.25, -0.2) is 4.79 Å². The van der Waals surface area contributed by atoms with E-state index in [0.29, 0.717) is 23.4 Å². The molecule has 2 aromatic carbocycles. The third-order valence-corrected chi connectivity index (χ3v) is 3.00. The van der Waals surface area contributed by atoms with Gasteiger partial charge < -0.3 is 16.2 Å². The highest BCUT2D eigenvalue weighted by molar-refractivity contribution is 5.96. The van der Waals surface area contributed by atoms with Crippen molar-refractivity contribution in [3.63, 3.8) is 0 Å². The molecule has 21 heavy (non-hydrogen) atoms. The molecule has 108 valence electrons. The van der Waals surface area contributed by atoms with Gasteiger partial charge >= 0.3 is 5.97 Å². The number of carbonyl (C=O) groups excluding carboxylic acids is 1. The first-order chi connectivity index (χ1) is 10.0. The Labute approximate surface area is 122 Å². The summed E-state index contributed by atoms with van der Waals surface area (Å²) in [6, 6.07) is 11.6. The number of nitrogens with one attached hydrogen (secondary N) is 1. The first-order valence-corrected chi connectivity index (χ1v) is 6.53. The van der Waals surface area contributed by atoms with Crippen molar-refractivity contribution >= 4 is 17.6 Å². The fourth-order valence-corrected chi connectivity index (χ4v) is 2.04. The SMILES string of the molecule is CCNC(=O)c1cccc(-c2cc(N)cc(C(=O)O)c2)c1. The van der Waals surface area contributed by atoms with Crippen molar-refractivity contribution in [3.8, 4) is 11.1 Å². The lowest BCUT2D eigenvalue weighted by Crippen LogP contribution is -2.22. The van der Waals surface area contributed by atoms with E-state index >= 15 is 0 Å². The quantitative estimate of drug-likeness (QED) is 0.751. The zero-order valence-electron chi connectivity index (χ0n) is 11.6. The first-order valence-electron chi connectivity index (χ1n) is 6.53. The number of hydrogen-bond donors (Lipinski definition) is 3. The molecule has 2 aromatic rings. The first kappa shape index (κ1) is 14.6. The van der Waals surface area contributed by atoms with Gasteiger partial charge in [-0.15, -0.1) is 0 Å². The molecule has 0 unspecified atom stereocenters. The number of amides is 1. The molecule has 0 aliphatic carbocycles. The maximum atomic E-state index is 11.8. The summed E-state index contributed by atoms with van der Waals surface area (Å²) < 4.78 is 0. The van der Waals surface area contributed by atoms with Crippen LogP contribution in [0.3, 0.4) is 0 Å². The maximum Gasteiger partial charge on any atom is 0.335 e. The summed E-state index contributed by atoms with van der Waals surface area (Å²) in [4.78, 5) is 22.9. The molecule has 5 nitrogen and oxygen atoms in total. The summed E-state index contributed by atoms with van der Waals surface area (Å²) in [5.74, 6) is -1.20. The fourth-order valence-electron chi connectivity index (χ4n) is 2.04. The topological polar surface area (TPSA) is 92.4 Å². The number of carbonyl (C=O) groups is 2. The predicted molar refractivity (Wildman–Crippen MR) is 81.3 cm³/mol. The van der Waals surface area contributed by atoms with Gasteiger partial charge in [-0.1, -0.05) is 12.1 Å². The van der Waals surface area contributed by atoms with Crippen LogP contribution in [0, 0.1) is 0 Å². The van der Waals surface area contributed by atoms with E-state index in [1.54, 1.807) is 24.3 Å². The molecule has 0 aliphatic rings. The van der Waals surface area contributed by atoms with Crippen molar-refractivity contribution in [1.29, 1.82) is 0 Å². The normalized spacial score (nSPS) is 10.1. The van der Waals surface area contributed by atoms with Gasteiger partial charge in [-0.2, -0.15) is 0 Å². The Hall–Kier alpha value is -2.82. The Morgan fingerprint density at radius 1 is 1.10 bits per heavy atom. The lowest BCUT2D eigenvalue weighted by Gasteiger charge is -2.08. The number of benzene rings is 2. The van der Waals surface area contributed by atoms with E-state index in [-0.39, 0.29) is 11.5 Å². The zero-order valence-corrected chi connectivity index (χ0v) is 11.6. The van der Waals surface area contributed by atoms with E-state index in [0.717, 1.165) is 5.56 Å². The fraction of sp³-hybridized carbons (Fsp3) is 0.125. The highest BCUT2D eigenvalue weighted by Gasteiger charge is 2.09. The molecule has 0 fully saturated rings. The minimum absolute atomic E-state index is 0.119. The Kier molecular flexibility index (Phi) is 4.23. The second-order valence-electron chi connectivity index (χ2n) is 4.59. The number of rotatable bonds is 4. The molecule has 0 radical (unpaired) electrons. The maximum absolute atomic E-state index is 11.8. The van der Waals surface area contributed by atoms with Gasteiger partial charge in [0.1, 0.15) is 0 Å². The number of hydrogen-bond acceptors (Lipinski definition) is 3. The van der Waals surface area contributed by atoms with Gasteiger partial charge in [0.15, 0.2) is 0 Å². The second kappa shape index (κ2) is 6.09. The zero-order chi connectivity index (χ0) is 15.4. The Balaban J connectivity index is 2.45. The van der Waals surface area contributed by atoms with Crippen LogP contribution in [0.25, 0.3) is 11.1 Å². The van der Waals surface area contributed by atoms with Crippen LogP contribution >= 0.6 is 0 Å². The van der Waals surface area contributed by atoms with Gasteiger partial charge in [0.25, 0.3) is 5.91 Å². The second-order valence-corrected chi connectivity index (χ2v) is 4.59. The molecule has 0 saturated carbocycles. The molecule has 0 heterocycles. The molecule has 1 amide bonds. The average molecular weight is 284 g/mol. The van der Waals surface area contributed by atoms with Crippen LogP contribution in [0.15, 0.2) is 42.5 Å². The summed E-state index contributed by atoms with van der Waals surface area (Å²) in [5.41, 5.74) is 8.16. The number of aromatic carboxylic acids is 1. The number of carboxylic acid groups (broad SMARTS) is 1. The van der Waals surface area contributed by atoms with E-state index in [4.69, 9.17) is 10.8 Å². The monoisotopic (exact) mass is 284 g/mol. The molecule has 0 bridgehead atoms. The molecule has 2 rings (SSSR count). The largest absolute Gasteiger partial charge is 0.478 e. The lowest BCUT2D eigenvalue weighted by atomic mass is 10.00. The van der Waals surface area contributed by atoms with E-state index in [1.807, 2.05) is 13.0 Å².